The molecule has 0 aliphatic rings. The van der Waals surface area contributed by atoms with Gasteiger partial charge in [-0.25, -0.2) is 0 Å². The van der Waals surface area contributed by atoms with Crippen molar-refractivity contribution in [2.24, 2.45) is 0 Å². The van der Waals surface area contributed by atoms with E-state index in [1.54, 1.807) is 0 Å². The van der Waals surface area contributed by atoms with Crippen molar-refractivity contribution in [3.8, 4) is 5.69 Å². The number of nitrogens with zero attached hydrogens (tertiary/aromatic N) is 2. The number of anilines is 3. The third kappa shape index (κ3) is 4.22. The molecule has 0 aliphatic heterocycles. The maximum Gasteiger partial charge on any atom is 0.0640 e. The van der Waals surface area contributed by atoms with Gasteiger partial charge in [0.1, 0.15) is 0 Å². The fourth-order valence-corrected chi connectivity index (χ4v) is 9.50. The van der Waals surface area contributed by atoms with Crippen molar-refractivity contribution in [2.75, 3.05) is 4.90 Å². The minimum Gasteiger partial charge on any atom is -0.309 e. The molecule has 11 aromatic rings. The molecule has 238 valence electrons. The molecule has 51 heavy (non-hydrogen) atoms. The molecule has 0 radical (unpaired) electrons. The molecule has 0 amide bonds. The van der Waals surface area contributed by atoms with Crippen LogP contribution in [0.15, 0.2) is 182 Å². The Morgan fingerprint density at radius 2 is 1.04 bits per heavy atom. The highest BCUT2D eigenvalue weighted by Crippen LogP contribution is 2.49. The Morgan fingerprint density at radius 3 is 1.92 bits per heavy atom. The molecule has 0 fully saturated rings. The number of para-hydroxylation sites is 2. The fourth-order valence-electron chi connectivity index (χ4n) is 8.30. The first-order chi connectivity index (χ1) is 25.3. The number of hydrogen-bond acceptors (Lipinski definition) is 2. The zero-order valence-electron chi connectivity index (χ0n) is 27.6. The van der Waals surface area contributed by atoms with Crippen LogP contribution in [-0.2, 0) is 0 Å². The lowest BCUT2D eigenvalue weighted by Crippen LogP contribution is -2.11. The van der Waals surface area contributed by atoms with Gasteiger partial charge in [0, 0.05) is 43.0 Å². The van der Waals surface area contributed by atoms with Crippen molar-refractivity contribution in [1.82, 2.24) is 4.57 Å². The lowest BCUT2D eigenvalue weighted by atomic mass is 9.95. The molecular formula is C48H30N2S. The zero-order chi connectivity index (χ0) is 33.5. The van der Waals surface area contributed by atoms with E-state index in [0.717, 1.165) is 11.4 Å². The summed E-state index contributed by atoms with van der Waals surface area (Å²) in [6.07, 6.45) is 0. The van der Waals surface area contributed by atoms with E-state index in [2.05, 4.69) is 191 Å². The fraction of sp³-hybridized carbons (Fsp3) is 0. The molecule has 0 spiro atoms. The Labute approximate surface area is 298 Å². The summed E-state index contributed by atoms with van der Waals surface area (Å²) >= 11 is 1.88. The van der Waals surface area contributed by atoms with E-state index >= 15 is 0 Å². The van der Waals surface area contributed by atoms with E-state index in [0.29, 0.717) is 0 Å². The molecule has 0 saturated carbocycles. The normalized spacial score (nSPS) is 11.9. The molecule has 2 nitrogen and oxygen atoms in total. The largest absolute Gasteiger partial charge is 0.309 e. The zero-order valence-corrected chi connectivity index (χ0v) is 28.4. The third-order valence-corrected chi connectivity index (χ3v) is 11.7. The Morgan fingerprint density at radius 1 is 0.373 bits per heavy atom. The minimum absolute atomic E-state index is 1.13. The van der Waals surface area contributed by atoms with Crippen molar-refractivity contribution < 1.29 is 0 Å². The lowest BCUT2D eigenvalue weighted by molar-refractivity contribution is 1.18. The van der Waals surface area contributed by atoms with Gasteiger partial charge in [0.05, 0.1) is 27.1 Å². The maximum absolute atomic E-state index is 2.52. The van der Waals surface area contributed by atoms with Crippen LogP contribution in [0.3, 0.4) is 0 Å². The van der Waals surface area contributed by atoms with E-state index in [9.17, 15) is 0 Å². The summed E-state index contributed by atoms with van der Waals surface area (Å²) in [5.74, 6) is 0. The standard InChI is InChI=1S/C48H30N2S/c1-2-14-32(15-3-1)49-43-22-10-8-19-38(43)42-29-33(26-28-44(42)49)50(45-23-12-21-40-39-20-9-11-24-47(39)51-48(40)45)46-30-41-34-16-5-4-13-31(34)25-27-36(41)35-17-6-7-18-37(35)46/h1-30H. The molecule has 2 aromatic heterocycles. The first-order valence-electron chi connectivity index (χ1n) is 17.4. The van der Waals surface area contributed by atoms with Crippen molar-refractivity contribution in [3.63, 3.8) is 0 Å². The highest BCUT2D eigenvalue weighted by atomic mass is 32.1. The number of rotatable bonds is 4. The van der Waals surface area contributed by atoms with Gasteiger partial charge in [0.2, 0.25) is 0 Å². The average Bonchev–Trinajstić information content (AvgIpc) is 3.74. The van der Waals surface area contributed by atoms with Crippen LogP contribution in [0.1, 0.15) is 0 Å². The molecule has 11 rings (SSSR count). The number of thiophene rings is 1. The molecular weight excluding hydrogens is 637 g/mol. The van der Waals surface area contributed by atoms with Gasteiger partial charge in [-0.1, -0.05) is 127 Å². The van der Waals surface area contributed by atoms with Crippen LogP contribution in [0.25, 0.3) is 80.0 Å². The van der Waals surface area contributed by atoms with Crippen LogP contribution in [0, 0.1) is 0 Å². The second-order valence-electron chi connectivity index (χ2n) is 13.3. The second kappa shape index (κ2) is 11.0. The smallest absolute Gasteiger partial charge is 0.0640 e. The summed E-state index contributed by atoms with van der Waals surface area (Å²) in [5, 5.41) is 12.6. The lowest BCUT2D eigenvalue weighted by Gasteiger charge is -2.28. The molecule has 0 unspecified atom stereocenters. The van der Waals surface area contributed by atoms with Crippen LogP contribution in [0.2, 0.25) is 0 Å². The number of benzene rings is 9. The molecule has 0 atom stereocenters. The van der Waals surface area contributed by atoms with Crippen LogP contribution < -0.4 is 4.90 Å². The molecule has 3 heteroatoms. The maximum atomic E-state index is 2.52. The number of fused-ring (bicyclic) bond motifs is 11. The van der Waals surface area contributed by atoms with Crippen molar-refractivity contribution in [3.05, 3.63) is 182 Å². The molecule has 0 N–H and O–H groups in total. The van der Waals surface area contributed by atoms with Gasteiger partial charge < -0.3 is 9.47 Å². The predicted molar refractivity (Wildman–Crippen MR) is 221 cm³/mol. The molecule has 0 saturated heterocycles. The predicted octanol–water partition coefficient (Wildman–Crippen LogP) is 14.1. The molecule has 2 heterocycles. The summed E-state index contributed by atoms with van der Waals surface area (Å²) in [5.41, 5.74) is 7.05. The van der Waals surface area contributed by atoms with Gasteiger partial charge in [-0.3, -0.25) is 0 Å². The van der Waals surface area contributed by atoms with Crippen LogP contribution in [0.5, 0.6) is 0 Å². The average molecular weight is 667 g/mol. The minimum atomic E-state index is 1.13. The third-order valence-electron chi connectivity index (χ3n) is 10.5. The molecule has 0 aliphatic carbocycles. The highest BCUT2D eigenvalue weighted by Gasteiger charge is 2.23. The van der Waals surface area contributed by atoms with E-state index in [1.165, 1.54) is 85.7 Å². The topological polar surface area (TPSA) is 8.17 Å². The summed E-state index contributed by atoms with van der Waals surface area (Å²) in [4.78, 5) is 2.52. The van der Waals surface area contributed by atoms with Crippen LogP contribution >= 0.6 is 11.3 Å². The summed E-state index contributed by atoms with van der Waals surface area (Å²) in [6.45, 7) is 0. The van der Waals surface area contributed by atoms with E-state index in [4.69, 9.17) is 0 Å². The Balaban J connectivity index is 1.28. The summed E-state index contributed by atoms with van der Waals surface area (Å²) in [7, 11) is 0. The quantitative estimate of drug-likeness (QED) is 0.170. The van der Waals surface area contributed by atoms with Gasteiger partial charge in [0.25, 0.3) is 0 Å². The summed E-state index contributed by atoms with van der Waals surface area (Å²) in [6, 6.07) is 66.8. The van der Waals surface area contributed by atoms with E-state index < -0.39 is 0 Å². The Bertz CT molecular complexity index is 3150. The first-order valence-corrected chi connectivity index (χ1v) is 18.3. The SMILES string of the molecule is c1ccc(-n2c3ccccc3c3cc(N(c4cc5c6ccccc6ccc5c5ccccc45)c4cccc5c4sc4ccccc45)ccc32)cc1. The molecule has 9 aromatic carbocycles. The van der Waals surface area contributed by atoms with Gasteiger partial charge in [-0.05, 0) is 81.5 Å². The van der Waals surface area contributed by atoms with Gasteiger partial charge >= 0.3 is 0 Å². The monoisotopic (exact) mass is 666 g/mol. The van der Waals surface area contributed by atoms with Gasteiger partial charge in [0.15, 0.2) is 0 Å². The van der Waals surface area contributed by atoms with Gasteiger partial charge in [-0.2, -0.15) is 0 Å². The number of hydrogen-bond donors (Lipinski definition) is 0. The molecule has 0 bridgehead atoms. The van der Waals surface area contributed by atoms with Gasteiger partial charge in [-0.15, -0.1) is 11.3 Å². The van der Waals surface area contributed by atoms with Crippen molar-refractivity contribution in [1.29, 1.82) is 0 Å². The second-order valence-corrected chi connectivity index (χ2v) is 14.4. The summed E-state index contributed by atoms with van der Waals surface area (Å²) < 4.78 is 4.98. The Hall–Kier alpha value is -6.42. The Kier molecular flexibility index (Phi) is 6.16. The highest BCUT2D eigenvalue weighted by molar-refractivity contribution is 7.26. The van der Waals surface area contributed by atoms with Crippen molar-refractivity contribution >= 4 is 103 Å². The van der Waals surface area contributed by atoms with Crippen LogP contribution in [-0.4, -0.2) is 4.57 Å². The van der Waals surface area contributed by atoms with E-state index in [-0.39, 0.29) is 0 Å². The van der Waals surface area contributed by atoms with Crippen molar-refractivity contribution in [2.45, 2.75) is 0 Å². The van der Waals surface area contributed by atoms with E-state index in [1.807, 2.05) is 11.3 Å². The van der Waals surface area contributed by atoms with Crippen LogP contribution in [0.4, 0.5) is 17.1 Å². The first kappa shape index (κ1) is 28.4. The number of aromatic nitrogens is 1.